The lowest BCUT2D eigenvalue weighted by Crippen LogP contribution is -2.35. The van der Waals surface area contributed by atoms with Gasteiger partial charge in [0.1, 0.15) is 0 Å². The molecule has 2 saturated heterocycles. The Morgan fingerprint density at radius 1 is 1.00 bits per heavy atom. The quantitative estimate of drug-likeness (QED) is 0.560. The molecule has 5 rings (SSSR count). The molecular weight excluding hydrogens is 396 g/mol. The summed E-state index contributed by atoms with van der Waals surface area (Å²) in [5.41, 5.74) is 4.81. The minimum Gasteiger partial charge on any atom is -0.341 e. The lowest BCUT2D eigenvalue weighted by atomic mass is 9.91. The first-order valence-corrected chi connectivity index (χ1v) is 12.1. The van der Waals surface area contributed by atoms with Gasteiger partial charge in [0, 0.05) is 50.6 Å². The van der Waals surface area contributed by atoms with Gasteiger partial charge in [0.25, 0.3) is 0 Å². The average molecular weight is 431 g/mol. The van der Waals surface area contributed by atoms with Crippen LogP contribution in [0, 0.1) is 0 Å². The number of piperidine rings is 1. The molecule has 2 aliphatic heterocycles. The number of anilines is 1. The Morgan fingerprint density at radius 2 is 1.84 bits per heavy atom. The predicted molar refractivity (Wildman–Crippen MR) is 129 cm³/mol. The van der Waals surface area contributed by atoms with E-state index < -0.39 is 0 Å². The molecule has 2 aromatic heterocycles. The standard InChI is InChI=1S/C26H34N6/c1-30-20-23(24-13-14-27-26(28-24)32-17-5-6-18-32)25(29-30)22-12-8-16-31(19-22)15-7-11-21-9-3-2-4-10-21/h2-4,9-10,13-14,20,22H,5-8,11-12,15-19H2,1H3/t22-/m0/s1. The largest absolute Gasteiger partial charge is 0.341 e. The van der Waals surface area contributed by atoms with Crippen LogP contribution in [-0.2, 0) is 13.5 Å². The van der Waals surface area contributed by atoms with E-state index >= 15 is 0 Å². The van der Waals surface area contributed by atoms with Gasteiger partial charge in [-0.2, -0.15) is 5.10 Å². The number of aromatic nitrogens is 4. The van der Waals surface area contributed by atoms with Crippen LogP contribution in [-0.4, -0.2) is 57.4 Å². The van der Waals surface area contributed by atoms with Crippen molar-refractivity contribution in [2.75, 3.05) is 37.6 Å². The van der Waals surface area contributed by atoms with Gasteiger partial charge in [-0.1, -0.05) is 30.3 Å². The van der Waals surface area contributed by atoms with Gasteiger partial charge in [-0.25, -0.2) is 9.97 Å². The second kappa shape index (κ2) is 9.82. The first-order chi connectivity index (χ1) is 15.8. The zero-order chi connectivity index (χ0) is 21.8. The van der Waals surface area contributed by atoms with Gasteiger partial charge in [0.05, 0.1) is 11.4 Å². The summed E-state index contributed by atoms with van der Waals surface area (Å²) in [6.45, 7) is 5.55. The van der Waals surface area contributed by atoms with Crippen molar-refractivity contribution in [3.05, 3.63) is 60.0 Å². The van der Waals surface area contributed by atoms with Gasteiger partial charge in [-0.15, -0.1) is 0 Å². The molecule has 0 unspecified atom stereocenters. The first kappa shape index (κ1) is 21.1. The molecule has 32 heavy (non-hydrogen) atoms. The second-order valence-corrected chi connectivity index (χ2v) is 9.27. The maximum atomic E-state index is 4.94. The molecule has 0 amide bonds. The van der Waals surface area contributed by atoms with Crippen molar-refractivity contribution in [3.8, 4) is 11.3 Å². The van der Waals surface area contributed by atoms with E-state index in [2.05, 4.69) is 51.3 Å². The number of rotatable bonds is 7. The predicted octanol–water partition coefficient (Wildman–Crippen LogP) is 4.29. The molecule has 1 atom stereocenters. The van der Waals surface area contributed by atoms with E-state index in [0.29, 0.717) is 5.92 Å². The van der Waals surface area contributed by atoms with Crippen molar-refractivity contribution >= 4 is 5.95 Å². The van der Waals surface area contributed by atoms with E-state index in [1.165, 1.54) is 55.5 Å². The number of hydrogen-bond acceptors (Lipinski definition) is 5. The zero-order valence-electron chi connectivity index (χ0n) is 19.2. The Hall–Kier alpha value is -2.73. The summed E-state index contributed by atoms with van der Waals surface area (Å²) >= 11 is 0. The van der Waals surface area contributed by atoms with E-state index in [4.69, 9.17) is 10.1 Å². The molecule has 0 N–H and O–H groups in total. The molecule has 2 fully saturated rings. The summed E-state index contributed by atoms with van der Waals surface area (Å²) in [5.74, 6) is 1.32. The third-order valence-corrected chi connectivity index (χ3v) is 6.84. The van der Waals surface area contributed by atoms with Crippen LogP contribution in [0.15, 0.2) is 48.8 Å². The number of likely N-dealkylation sites (tertiary alicyclic amines) is 1. The van der Waals surface area contributed by atoms with Crippen LogP contribution >= 0.6 is 0 Å². The summed E-state index contributed by atoms with van der Waals surface area (Å²) in [7, 11) is 2.02. The molecule has 6 nitrogen and oxygen atoms in total. The fourth-order valence-corrected chi connectivity index (χ4v) is 5.21. The molecule has 168 valence electrons. The Balaban J connectivity index is 1.28. The summed E-state index contributed by atoms with van der Waals surface area (Å²) < 4.78 is 1.96. The van der Waals surface area contributed by atoms with Gasteiger partial charge < -0.3 is 9.80 Å². The number of aryl methyl sites for hydroxylation is 2. The van der Waals surface area contributed by atoms with Gasteiger partial charge in [-0.3, -0.25) is 4.68 Å². The van der Waals surface area contributed by atoms with Crippen LogP contribution in [0.4, 0.5) is 5.95 Å². The lowest BCUT2D eigenvalue weighted by molar-refractivity contribution is 0.204. The number of hydrogen-bond donors (Lipinski definition) is 0. The van der Waals surface area contributed by atoms with Crippen LogP contribution in [0.1, 0.15) is 49.3 Å². The van der Waals surface area contributed by atoms with Crippen molar-refractivity contribution in [2.45, 2.75) is 44.4 Å². The summed E-state index contributed by atoms with van der Waals surface area (Å²) in [6.07, 6.45) is 11.3. The molecule has 1 aromatic carbocycles. The molecule has 0 radical (unpaired) electrons. The van der Waals surface area contributed by atoms with Crippen LogP contribution in [0.2, 0.25) is 0 Å². The minimum atomic E-state index is 0.460. The van der Waals surface area contributed by atoms with E-state index in [1.807, 2.05) is 24.0 Å². The highest BCUT2D eigenvalue weighted by Gasteiger charge is 2.27. The molecular formula is C26H34N6. The van der Waals surface area contributed by atoms with Crippen LogP contribution < -0.4 is 4.90 Å². The van der Waals surface area contributed by atoms with Crippen molar-refractivity contribution in [1.29, 1.82) is 0 Å². The van der Waals surface area contributed by atoms with Gasteiger partial charge >= 0.3 is 0 Å². The Kier molecular flexibility index (Phi) is 6.49. The number of nitrogens with zero attached hydrogens (tertiary/aromatic N) is 6. The smallest absolute Gasteiger partial charge is 0.225 e. The van der Waals surface area contributed by atoms with Gasteiger partial charge in [0.2, 0.25) is 5.95 Å². The third-order valence-electron chi connectivity index (χ3n) is 6.84. The molecule has 2 aliphatic rings. The molecule has 0 bridgehead atoms. The van der Waals surface area contributed by atoms with Crippen LogP contribution in [0.3, 0.4) is 0 Å². The van der Waals surface area contributed by atoms with E-state index in [-0.39, 0.29) is 0 Å². The normalized spacial score (nSPS) is 19.5. The minimum absolute atomic E-state index is 0.460. The topological polar surface area (TPSA) is 50.1 Å². The molecule has 4 heterocycles. The molecule has 0 saturated carbocycles. The second-order valence-electron chi connectivity index (χ2n) is 9.27. The van der Waals surface area contributed by atoms with Crippen molar-refractivity contribution in [1.82, 2.24) is 24.6 Å². The fraction of sp³-hybridized carbons (Fsp3) is 0.500. The van der Waals surface area contributed by atoms with Crippen molar-refractivity contribution in [2.24, 2.45) is 7.05 Å². The number of benzene rings is 1. The lowest BCUT2D eigenvalue weighted by Gasteiger charge is -2.32. The fourth-order valence-electron chi connectivity index (χ4n) is 5.21. The SMILES string of the molecule is Cn1cc(-c2ccnc(N3CCCC3)n2)c([C@H]2CCCN(CCCc3ccccc3)C2)n1. The summed E-state index contributed by atoms with van der Waals surface area (Å²) in [5, 5.41) is 4.92. The Labute approximate surface area is 191 Å². The Bertz CT molecular complexity index is 1010. The highest BCUT2D eigenvalue weighted by Crippen LogP contribution is 2.33. The van der Waals surface area contributed by atoms with E-state index in [1.54, 1.807) is 0 Å². The molecule has 3 aromatic rings. The molecule has 0 aliphatic carbocycles. The van der Waals surface area contributed by atoms with Gasteiger partial charge in [0.15, 0.2) is 0 Å². The van der Waals surface area contributed by atoms with Crippen molar-refractivity contribution < 1.29 is 0 Å². The molecule has 0 spiro atoms. The Morgan fingerprint density at radius 3 is 2.69 bits per heavy atom. The summed E-state index contributed by atoms with van der Waals surface area (Å²) in [6, 6.07) is 12.9. The average Bonchev–Trinajstić information content (AvgIpc) is 3.50. The van der Waals surface area contributed by atoms with Crippen LogP contribution in [0.5, 0.6) is 0 Å². The third kappa shape index (κ3) is 4.85. The van der Waals surface area contributed by atoms with Crippen LogP contribution in [0.25, 0.3) is 11.3 Å². The molecule has 6 heteroatoms. The highest BCUT2D eigenvalue weighted by atomic mass is 15.3. The first-order valence-electron chi connectivity index (χ1n) is 12.1. The highest BCUT2D eigenvalue weighted by molar-refractivity contribution is 5.63. The van der Waals surface area contributed by atoms with Crippen molar-refractivity contribution in [3.63, 3.8) is 0 Å². The van der Waals surface area contributed by atoms with E-state index in [0.717, 1.165) is 44.2 Å². The maximum Gasteiger partial charge on any atom is 0.225 e. The maximum absolute atomic E-state index is 4.94. The van der Waals surface area contributed by atoms with E-state index in [9.17, 15) is 0 Å². The monoisotopic (exact) mass is 430 g/mol. The zero-order valence-corrected chi connectivity index (χ0v) is 19.2. The van der Waals surface area contributed by atoms with Gasteiger partial charge in [-0.05, 0) is 63.2 Å². The summed E-state index contributed by atoms with van der Waals surface area (Å²) in [4.78, 5) is 14.4.